The zero-order valence-corrected chi connectivity index (χ0v) is 14.6. The fourth-order valence-electron chi connectivity index (χ4n) is 2.57. The van der Waals surface area contributed by atoms with Crippen LogP contribution in [0.5, 0.6) is 0 Å². The zero-order chi connectivity index (χ0) is 13.7. The van der Waals surface area contributed by atoms with Gasteiger partial charge in [0.05, 0.1) is 11.0 Å². The molecule has 0 spiro atoms. The van der Waals surface area contributed by atoms with Crippen molar-refractivity contribution in [3.63, 3.8) is 0 Å². The number of hydrogen-bond acceptors (Lipinski definition) is 3. The molecule has 1 aromatic rings. The van der Waals surface area contributed by atoms with Crippen LogP contribution in [-0.2, 0) is 6.54 Å². The van der Waals surface area contributed by atoms with E-state index in [0.717, 1.165) is 28.0 Å². The third-order valence-electron chi connectivity index (χ3n) is 3.51. The molecule has 0 bridgehead atoms. The molecule has 0 radical (unpaired) electrons. The molecule has 0 aliphatic carbocycles. The van der Waals surface area contributed by atoms with E-state index in [2.05, 4.69) is 49.0 Å². The van der Waals surface area contributed by atoms with Crippen LogP contribution in [0.25, 0.3) is 0 Å². The number of hydrogen-bond donors (Lipinski definition) is 1. The first-order valence-electron chi connectivity index (χ1n) is 7.02. The molecule has 1 unspecified atom stereocenters. The average Bonchev–Trinajstić information content (AvgIpc) is 2.70. The zero-order valence-electron chi connectivity index (χ0n) is 11.4. The van der Waals surface area contributed by atoms with Crippen LogP contribution in [0.4, 0.5) is 0 Å². The summed E-state index contributed by atoms with van der Waals surface area (Å²) in [6.45, 7) is 7.90. The smallest absolute Gasteiger partial charge is 0.183 e. The Balaban J connectivity index is 1.64. The lowest BCUT2D eigenvalue weighted by Gasteiger charge is -2.29. The average molecular weight is 394 g/mol. The highest BCUT2D eigenvalue weighted by Gasteiger charge is 2.13. The van der Waals surface area contributed by atoms with Crippen LogP contribution >= 0.6 is 31.9 Å². The highest BCUT2D eigenvalue weighted by atomic mass is 79.9. The second-order valence-corrected chi connectivity index (χ2v) is 7.01. The van der Waals surface area contributed by atoms with Gasteiger partial charge in [0.2, 0.25) is 0 Å². The Morgan fingerprint density at radius 2 is 2.05 bits per heavy atom. The van der Waals surface area contributed by atoms with Gasteiger partial charge in [-0.3, -0.25) is 0 Å². The van der Waals surface area contributed by atoms with E-state index < -0.39 is 0 Å². The van der Waals surface area contributed by atoms with Crippen molar-refractivity contribution in [3.05, 3.63) is 21.0 Å². The number of furan rings is 1. The van der Waals surface area contributed by atoms with Crippen LogP contribution in [0.3, 0.4) is 0 Å². The van der Waals surface area contributed by atoms with E-state index in [1.54, 1.807) is 0 Å². The van der Waals surface area contributed by atoms with Crippen LogP contribution in [-0.4, -0.2) is 31.1 Å². The molecule has 3 nitrogen and oxygen atoms in total. The summed E-state index contributed by atoms with van der Waals surface area (Å²) in [5.74, 6) is 1.64. The Bertz CT molecular complexity index is 369. The predicted octanol–water partition coefficient (Wildman–Crippen LogP) is 4.02. The topological polar surface area (TPSA) is 28.4 Å². The fourth-order valence-corrected chi connectivity index (χ4v) is 3.23. The molecule has 0 amide bonds. The number of nitrogens with zero attached hydrogens (tertiary/aromatic N) is 1. The van der Waals surface area contributed by atoms with Crippen LogP contribution in [0.2, 0.25) is 0 Å². The summed E-state index contributed by atoms with van der Waals surface area (Å²) in [7, 11) is 0. The van der Waals surface area contributed by atoms with E-state index in [9.17, 15) is 0 Å². The highest BCUT2D eigenvalue weighted by Crippen LogP contribution is 2.26. The summed E-state index contributed by atoms with van der Waals surface area (Å²) in [6, 6.07) is 2.01. The van der Waals surface area contributed by atoms with Gasteiger partial charge in [0.15, 0.2) is 4.67 Å². The summed E-state index contributed by atoms with van der Waals surface area (Å²) in [5, 5.41) is 3.47. The number of halogens is 2. The first-order chi connectivity index (χ1) is 9.15. The molecule has 19 heavy (non-hydrogen) atoms. The van der Waals surface area contributed by atoms with Crippen LogP contribution < -0.4 is 5.32 Å². The molecule has 2 heterocycles. The predicted molar refractivity (Wildman–Crippen MR) is 85.3 cm³/mol. The highest BCUT2D eigenvalue weighted by molar-refractivity contribution is 9.13. The lowest BCUT2D eigenvalue weighted by Crippen LogP contribution is -2.36. The SMILES string of the molecule is CC(CNCc1cc(Br)c(Br)o1)CN1CCCCC1. The van der Waals surface area contributed by atoms with Gasteiger partial charge in [-0.05, 0) is 76.3 Å². The quantitative estimate of drug-likeness (QED) is 0.791. The summed E-state index contributed by atoms with van der Waals surface area (Å²) < 4.78 is 7.29. The summed E-state index contributed by atoms with van der Waals surface area (Å²) in [4.78, 5) is 2.59. The third kappa shape index (κ3) is 5.21. The summed E-state index contributed by atoms with van der Waals surface area (Å²) in [6.07, 6.45) is 4.15. The maximum Gasteiger partial charge on any atom is 0.183 e. The van der Waals surface area contributed by atoms with Gasteiger partial charge >= 0.3 is 0 Å². The van der Waals surface area contributed by atoms with Crippen LogP contribution in [0, 0.1) is 5.92 Å². The van der Waals surface area contributed by atoms with E-state index in [1.807, 2.05) is 6.07 Å². The largest absolute Gasteiger partial charge is 0.452 e. The second-order valence-electron chi connectivity index (χ2n) is 5.43. The van der Waals surface area contributed by atoms with Crippen LogP contribution in [0.15, 0.2) is 19.6 Å². The first-order valence-corrected chi connectivity index (χ1v) is 8.60. The van der Waals surface area contributed by atoms with Gasteiger partial charge < -0.3 is 14.6 Å². The molecule has 5 heteroatoms. The first kappa shape index (κ1) is 15.5. The summed E-state index contributed by atoms with van der Waals surface area (Å²) in [5.41, 5.74) is 0. The van der Waals surface area contributed by atoms with Crippen molar-refractivity contribution in [2.24, 2.45) is 5.92 Å². The Hall–Kier alpha value is 0.160. The maximum atomic E-state index is 5.54. The molecule has 0 saturated carbocycles. The normalized spacial score (nSPS) is 18.7. The Kier molecular flexibility index (Phi) is 6.39. The molecular weight excluding hydrogens is 372 g/mol. The monoisotopic (exact) mass is 392 g/mol. The number of likely N-dealkylation sites (tertiary alicyclic amines) is 1. The van der Waals surface area contributed by atoms with E-state index >= 15 is 0 Å². The number of rotatable bonds is 6. The van der Waals surface area contributed by atoms with Gasteiger partial charge in [-0.1, -0.05) is 13.3 Å². The molecule has 1 atom stereocenters. The third-order valence-corrected chi connectivity index (χ3v) is 5.22. The molecule has 1 fully saturated rings. The van der Waals surface area contributed by atoms with Crippen molar-refractivity contribution < 1.29 is 4.42 Å². The van der Waals surface area contributed by atoms with Gasteiger partial charge in [-0.15, -0.1) is 0 Å². The minimum absolute atomic E-state index is 0.681. The van der Waals surface area contributed by atoms with Crippen molar-refractivity contribution in [3.8, 4) is 0 Å². The van der Waals surface area contributed by atoms with E-state index in [4.69, 9.17) is 4.42 Å². The van der Waals surface area contributed by atoms with Gasteiger partial charge in [0.1, 0.15) is 5.76 Å². The van der Waals surface area contributed by atoms with E-state index in [-0.39, 0.29) is 0 Å². The van der Waals surface area contributed by atoms with Gasteiger partial charge in [0, 0.05) is 6.54 Å². The van der Waals surface area contributed by atoms with Crippen LogP contribution in [0.1, 0.15) is 31.9 Å². The Morgan fingerprint density at radius 3 is 2.68 bits per heavy atom. The standard InChI is InChI=1S/C14H22Br2N2O/c1-11(10-18-5-3-2-4-6-18)8-17-9-12-7-13(15)14(16)19-12/h7,11,17H,2-6,8-10H2,1H3. The fraction of sp³-hybridized carbons (Fsp3) is 0.714. The number of nitrogens with one attached hydrogen (secondary N) is 1. The summed E-state index contributed by atoms with van der Waals surface area (Å²) >= 11 is 6.78. The Morgan fingerprint density at radius 1 is 1.32 bits per heavy atom. The lowest BCUT2D eigenvalue weighted by atomic mass is 10.1. The maximum absolute atomic E-state index is 5.54. The molecule has 1 saturated heterocycles. The molecule has 1 aliphatic rings. The van der Waals surface area contributed by atoms with E-state index in [0.29, 0.717) is 5.92 Å². The molecule has 1 aromatic heterocycles. The minimum atomic E-state index is 0.681. The van der Waals surface area contributed by atoms with Crippen molar-refractivity contribution >= 4 is 31.9 Å². The van der Waals surface area contributed by atoms with Gasteiger partial charge in [-0.25, -0.2) is 0 Å². The molecule has 1 N–H and O–H groups in total. The van der Waals surface area contributed by atoms with Crippen molar-refractivity contribution in [1.29, 1.82) is 0 Å². The van der Waals surface area contributed by atoms with E-state index in [1.165, 1.54) is 38.9 Å². The minimum Gasteiger partial charge on any atom is -0.452 e. The van der Waals surface area contributed by atoms with Crippen molar-refractivity contribution in [2.45, 2.75) is 32.7 Å². The number of piperidine rings is 1. The molecular formula is C14H22Br2N2O. The van der Waals surface area contributed by atoms with Gasteiger partial charge in [-0.2, -0.15) is 0 Å². The molecule has 108 valence electrons. The second kappa shape index (κ2) is 7.81. The van der Waals surface area contributed by atoms with Crippen molar-refractivity contribution in [2.75, 3.05) is 26.2 Å². The Labute approximate surface area is 132 Å². The molecule has 0 aromatic carbocycles. The van der Waals surface area contributed by atoms with Crippen molar-refractivity contribution in [1.82, 2.24) is 10.2 Å². The molecule has 2 rings (SSSR count). The van der Waals surface area contributed by atoms with Gasteiger partial charge in [0.25, 0.3) is 0 Å². The molecule has 1 aliphatic heterocycles. The lowest BCUT2D eigenvalue weighted by molar-refractivity contribution is 0.198.